The molecule has 0 bridgehead atoms. The van der Waals surface area contributed by atoms with Crippen molar-refractivity contribution < 1.29 is 4.39 Å². The first kappa shape index (κ1) is 12.8. The fraction of sp³-hybridized carbons (Fsp3) is 0.231. The Morgan fingerprint density at radius 3 is 2.61 bits per heavy atom. The van der Waals surface area contributed by atoms with Crippen molar-refractivity contribution in [2.75, 3.05) is 5.32 Å². The SMILES string of the molecule is CCc1ncnc(NCc2ccc(Cl)cc2)c1F. The van der Waals surface area contributed by atoms with Gasteiger partial charge in [-0.05, 0) is 24.1 Å². The highest BCUT2D eigenvalue weighted by Crippen LogP contribution is 2.15. The van der Waals surface area contributed by atoms with Crippen molar-refractivity contribution in [2.24, 2.45) is 0 Å². The topological polar surface area (TPSA) is 37.8 Å². The lowest BCUT2D eigenvalue weighted by Crippen LogP contribution is -2.06. The predicted molar refractivity (Wildman–Crippen MR) is 70.1 cm³/mol. The molecule has 0 spiro atoms. The van der Waals surface area contributed by atoms with Crippen LogP contribution in [0.15, 0.2) is 30.6 Å². The number of nitrogens with zero attached hydrogens (tertiary/aromatic N) is 2. The minimum atomic E-state index is -0.381. The zero-order chi connectivity index (χ0) is 13.0. The Balaban J connectivity index is 2.08. The number of rotatable bonds is 4. The Hall–Kier alpha value is -1.68. The summed E-state index contributed by atoms with van der Waals surface area (Å²) in [7, 11) is 0. The van der Waals surface area contributed by atoms with Crippen LogP contribution in [0, 0.1) is 5.82 Å². The first-order chi connectivity index (χ1) is 8.70. The van der Waals surface area contributed by atoms with E-state index in [1.165, 1.54) is 6.33 Å². The summed E-state index contributed by atoms with van der Waals surface area (Å²) in [5, 5.41) is 3.63. The number of aromatic nitrogens is 2. The van der Waals surface area contributed by atoms with Gasteiger partial charge in [0.05, 0.1) is 5.69 Å². The molecule has 1 aromatic heterocycles. The van der Waals surface area contributed by atoms with Crippen molar-refractivity contribution in [1.82, 2.24) is 9.97 Å². The summed E-state index contributed by atoms with van der Waals surface area (Å²) < 4.78 is 13.8. The molecule has 0 atom stereocenters. The molecule has 2 aromatic rings. The van der Waals surface area contributed by atoms with Gasteiger partial charge in [0.25, 0.3) is 0 Å². The second-order valence-electron chi connectivity index (χ2n) is 3.82. The van der Waals surface area contributed by atoms with Crippen LogP contribution in [-0.2, 0) is 13.0 Å². The number of anilines is 1. The van der Waals surface area contributed by atoms with E-state index in [9.17, 15) is 4.39 Å². The molecule has 1 aromatic carbocycles. The van der Waals surface area contributed by atoms with E-state index >= 15 is 0 Å². The number of hydrogen-bond donors (Lipinski definition) is 1. The summed E-state index contributed by atoms with van der Waals surface area (Å²) in [5.74, 6) is -0.147. The average molecular weight is 266 g/mol. The van der Waals surface area contributed by atoms with E-state index in [1.54, 1.807) is 12.1 Å². The maximum absolute atomic E-state index is 13.8. The van der Waals surface area contributed by atoms with E-state index < -0.39 is 0 Å². The van der Waals surface area contributed by atoms with Gasteiger partial charge in [-0.25, -0.2) is 14.4 Å². The smallest absolute Gasteiger partial charge is 0.186 e. The molecule has 1 heterocycles. The van der Waals surface area contributed by atoms with Gasteiger partial charge in [-0.3, -0.25) is 0 Å². The molecule has 2 rings (SSSR count). The third-order valence-corrected chi connectivity index (χ3v) is 2.82. The van der Waals surface area contributed by atoms with Crippen LogP contribution in [0.2, 0.25) is 5.02 Å². The zero-order valence-corrected chi connectivity index (χ0v) is 10.7. The quantitative estimate of drug-likeness (QED) is 0.920. The summed E-state index contributed by atoms with van der Waals surface area (Å²) in [4.78, 5) is 7.78. The van der Waals surface area contributed by atoms with Crippen molar-refractivity contribution in [3.8, 4) is 0 Å². The van der Waals surface area contributed by atoms with Crippen LogP contribution < -0.4 is 5.32 Å². The highest BCUT2D eigenvalue weighted by molar-refractivity contribution is 6.30. The van der Waals surface area contributed by atoms with Gasteiger partial charge in [0.1, 0.15) is 6.33 Å². The summed E-state index contributed by atoms with van der Waals surface area (Å²) in [5.41, 5.74) is 1.43. The van der Waals surface area contributed by atoms with Crippen molar-refractivity contribution >= 4 is 17.4 Å². The summed E-state index contributed by atoms with van der Waals surface area (Å²) in [6, 6.07) is 7.36. The van der Waals surface area contributed by atoms with Crippen molar-refractivity contribution in [2.45, 2.75) is 19.9 Å². The van der Waals surface area contributed by atoms with Crippen LogP contribution in [0.4, 0.5) is 10.2 Å². The second kappa shape index (κ2) is 5.78. The highest BCUT2D eigenvalue weighted by Gasteiger charge is 2.08. The van der Waals surface area contributed by atoms with Crippen LogP contribution in [0.25, 0.3) is 0 Å². The molecule has 0 unspecified atom stereocenters. The molecule has 0 aliphatic carbocycles. The van der Waals surface area contributed by atoms with E-state index in [0.29, 0.717) is 23.7 Å². The number of benzene rings is 1. The minimum Gasteiger partial charge on any atom is -0.363 e. The molecule has 0 amide bonds. The van der Waals surface area contributed by atoms with Crippen LogP contribution in [0.5, 0.6) is 0 Å². The summed E-state index contributed by atoms with van der Waals surface area (Å²) in [6.45, 7) is 2.35. The lowest BCUT2D eigenvalue weighted by Gasteiger charge is -2.08. The molecule has 1 N–H and O–H groups in total. The number of hydrogen-bond acceptors (Lipinski definition) is 3. The molecule has 0 aliphatic rings. The highest BCUT2D eigenvalue weighted by atomic mass is 35.5. The molecule has 18 heavy (non-hydrogen) atoms. The maximum Gasteiger partial charge on any atom is 0.186 e. The Morgan fingerprint density at radius 1 is 1.22 bits per heavy atom. The fourth-order valence-electron chi connectivity index (χ4n) is 1.56. The summed E-state index contributed by atoms with van der Waals surface area (Å²) >= 11 is 5.79. The van der Waals surface area contributed by atoms with Gasteiger partial charge in [-0.2, -0.15) is 0 Å². The lowest BCUT2D eigenvalue weighted by molar-refractivity contribution is 0.596. The normalized spacial score (nSPS) is 10.4. The Bertz CT molecular complexity index is 528. The Morgan fingerprint density at radius 2 is 1.94 bits per heavy atom. The van der Waals surface area contributed by atoms with Crippen LogP contribution in [0.3, 0.4) is 0 Å². The number of halogens is 2. The minimum absolute atomic E-state index is 0.233. The van der Waals surface area contributed by atoms with Gasteiger partial charge >= 0.3 is 0 Å². The van der Waals surface area contributed by atoms with Gasteiger partial charge in [-0.15, -0.1) is 0 Å². The Labute approximate surface area is 110 Å². The van der Waals surface area contributed by atoms with Crippen molar-refractivity contribution in [3.05, 3.63) is 52.7 Å². The second-order valence-corrected chi connectivity index (χ2v) is 4.25. The molecule has 0 saturated carbocycles. The average Bonchev–Trinajstić information content (AvgIpc) is 2.39. The van der Waals surface area contributed by atoms with E-state index in [2.05, 4.69) is 15.3 Å². The summed E-state index contributed by atoms with van der Waals surface area (Å²) in [6.07, 6.45) is 1.91. The van der Waals surface area contributed by atoms with Gasteiger partial charge < -0.3 is 5.32 Å². The number of nitrogens with one attached hydrogen (secondary N) is 1. The molecule has 5 heteroatoms. The molecule has 0 radical (unpaired) electrons. The predicted octanol–water partition coefficient (Wildman–Crippen LogP) is 3.44. The molecule has 94 valence electrons. The van der Waals surface area contributed by atoms with Gasteiger partial charge in [0, 0.05) is 11.6 Å². The number of aryl methyl sites for hydroxylation is 1. The third kappa shape index (κ3) is 2.96. The molecular formula is C13H13ClFN3. The third-order valence-electron chi connectivity index (χ3n) is 2.57. The Kier molecular flexibility index (Phi) is 4.10. The van der Waals surface area contributed by atoms with Crippen molar-refractivity contribution in [1.29, 1.82) is 0 Å². The molecular weight excluding hydrogens is 253 g/mol. The van der Waals surface area contributed by atoms with E-state index in [1.807, 2.05) is 19.1 Å². The molecule has 0 saturated heterocycles. The van der Waals surface area contributed by atoms with Gasteiger partial charge in [0.15, 0.2) is 11.6 Å². The molecule has 0 fully saturated rings. The lowest BCUT2D eigenvalue weighted by atomic mass is 10.2. The zero-order valence-electron chi connectivity index (χ0n) is 9.95. The molecule has 0 aliphatic heterocycles. The maximum atomic E-state index is 13.8. The molecule has 3 nitrogen and oxygen atoms in total. The van der Waals surface area contributed by atoms with Crippen LogP contribution in [-0.4, -0.2) is 9.97 Å². The van der Waals surface area contributed by atoms with Gasteiger partial charge in [-0.1, -0.05) is 30.7 Å². The fourth-order valence-corrected chi connectivity index (χ4v) is 1.69. The van der Waals surface area contributed by atoms with Gasteiger partial charge in [0.2, 0.25) is 0 Å². The first-order valence-corrected chi connectivity index (χ1v) is 6.06. The van der Waals surface area contributed by atoms with E-state index in [0.717, 1.165) is 5.56 Å². The monoisotopic (exact) mass is 265 g/mol. The first-order valence-electron chi connectivity index (χ1n) is 5.68. The largest absolute Gasteiger partial charge is 0.363 e. The van der Waals surface area contributed by atoms with Crippen LogP contribution >= 0.6 is 11.6 Å². The van der Waals surface area contributed by atoms with Crippen molar-refractivity contribution in [3.63, 3.8) is 0 Å². The van der Waals surface area contributed by atoms with E-state index in [4.69, 9.17) is 11.6 Å². The van der Waals surface area contributed by atoms with Crippen LogP contribution in [0.1, 0.15) is 18.2 Å². The standard InChI is InChI=1S/C13H13ClFN3/c1-2-11-12(15)13(18-8-17-11)16-7-9-3-5-10(14)6-4-9/h3-6,8H,2,7H2,1H3,(H,16,17,18). The van der Waals surface area contributed by atoms with E-state index in [-0.39, 0.29) is 11.6 Å².